The maximum atomic E-state index is 10.5. The summed E-state index contributed by atoms with van der Waals surface area (Å²) in [6.45, 7) is 0.798. The predicted molar refractivity (Wildman–Crippen MR) is 45.0 cm³/mol. The summed E-state index contributed by atoms with van der Waals surface area (Å²) in [5.41, 5.74) is 0.206. The predicted octanol–water partition coefficient (Wildman–Crippen LogP) is 1.49. The van der Waals surface area contributed by atoms with E-state index in [1.54, 1.807) is 0 Å². The summed E-state index contributed by atoms with van der Waals surface area (Å²) in [6, 6.07) is 4.19. The number of nitro groups is 1. The maximum absolute atomic E-state index is 10.5. The minimum absolute atomic E-state index is 0.162. The third-order valence-electron chi connectivity index (χ3n) is 1.55. The summed E-state index contributed by atoms with van der Waals surface area (Å²) < 4.78 is 4.77. The van der Waals surface area contributed by atoms with Crippen LogP contribution < -0.4 is 4.74 Å². The highest BCUT2D eigenvalue weighted by atomic mass is 16.6. The van der Waals surface area contributed by atoms with Crippen LogP contribution in [0.4, 0.5) is 5.69 Å². The number of ether oxygens (including phenoxy) is 1. The minimum atomic E-state index is -0.564. The van der Waals surface area contributed by atoms with E-state index in [-0.39, 0.29) is 11.4 Å². The molecule has 0 aliphatic heterocycles. The zero-order valence-corrected chi connectivity index (χ0v) is 6.93. The van der Waals surface area contributed by atoms with Crippen LogP contribution in [0.15, 0.2) is 18.2 Å². The normalized spacial score (nSPS) is 9.69. The number of aliphatic hydroxyl groups is 1. The largest absolute Gasteiger partial charge is 0.490 e. The highest BCUT2D eigenvalue weighted by Gasteiger charge is 2.14. The maximum Gasteiger partial charge on any atom is 0.311 e. The Morgan fingerprint density at radius 3 is 2.77 bits per heavy atom. The van der Waals surface area contributed by atoms with Gasteiger partial charge in [0.2, 0.25) is 0 Å². The van der Waals surface area contributed by atoms with Crippen LogP contribution in [0.25, 0.3) is 0 Å². The Morgan fingerprint density at radius 1 is 1.62 bits per heavy atom. The Labute approximate surface area is 74.7 Å². The number of aliphatic hydroxyl groups excluding tert-OH is 1. The molecule has 5 nitrogen and oxygen atoms in total. The third kappa shape index (κ3) is 1.94. The lowest BCUT2D eigenvalue weighted by molar-refractivity contribution is -0.385. The SMILES string of the molecule is COc1ccc([CH]O)cc1[N+](=O)[O-]. The van der Waals surface area contributed by atoms with Crippen molar-refractivity contribution < 1.29 is 14.8 Å². The second-order valence-corrected chi connectivity index (χ2v) is 2.32. The van der Waals surface area contributed by atoms with Crippen molar-refractivity contribution >= 4 is 5.69 Å². The van der Waals surface area contributed by atoms with Gasteiger partial charge >= 0.3 is 5.69 Å². The summed E-state index contributed by atoms with van der Waals surface area (Å²) in [4.78, 5) is 9.92. The van der Waals surface area contributed by atoms with Crippen LogP contribution in [0, 0.1) is 16.7 Å². The molecule has 1 rings (SSSR count). The molecule has 1 aromatic carbocycles. The first-order chi connectivity index (χ1) is 6.19. The van der Waals surface area contributed by atoms with Crippen molar-refractivity contribution in [2.24, 2.45) is 0 Å². The lowest BCUT2D eigenvalue weighted by Crippen LogP contribution is -1.94. The second kappa shape index (κ2) is 3.86. The van der Waals surface area contributed by atoms with Crippen molar-refractivity contribution in [1.29, 1.82) is 0 Å². The van der Waals surface area contributed by atoms with Crippen molar-refractivity contribution in [1.82, 2.24) is 0 Å². The molecule has 0 aromatic heterocycles. The first kappa shape index (κ1) is 9.47. The zero-order chi connectivity index (χ0) is 9.84. The van der Waals surface area contributed by atoms with E-state index in [1.165, 1.54) is 25.3 Å². The molecule has 0 fully saturated rings. The van der Waals surface area contributed by atoms with Gasteiger partial charge in [0.25, 0.3) is 0 Å². The molecule has 5 heteroatoms. The number of benzene rings is 1. The fourth-order valence-electron chi connectivity index (χ4n) is 0.930. The number of nitrogens with zero attached hydrogens (tertiary/aromatic N) is 1. The molecule has 13 heavy (non-hydrogen) atoms. The van der Waals surface area contributed by atoms with E-state index >= 15 is 0 Å². The van der Waals surface area contributed by atoms with Gasteiger partial charge in [-0.15, -0.1) is 0 Å². The quantitative estimate of drug-likeness (QED) is 0.567. The van der Waals surface area contributed by atoms with Gasteiger partial charge in [-0.25, -0.2) is 0 Å². The van der Waals surface area contributed by atoms with Crippen molar-refractivity contribution in [3.05, 3.63) is 40.5 Å². The standard InChI is InChI=1S/C8H8NO4/c1-13-8-3-2-6(5-10)4-7(8)9(11)12/h2-5,10H,1H3. The molecule has 0 unspecified atom stereocenters. The first-order valence-electron chi connectivity index (χ1n) is 3.49. The Kier molecular flexibility index (Phi) is 2.81. The van der Waals surface area contributed by atoms with Crippen LogP contribution >= 0.6 is 0 Å². The first-order valence-corrected chi connectivity index (χ1v) is 3.49. The Balaban J connectivity index is 3.18. The second-order valence-electron chi connectivity index (χ2n) is 2.32. The molecular formula is C8H8NO4. The van der Waals surface area contributed by atoms with Crippen LogP contribution in [-0.2, 0) is 0 Å². The number of methoxy groups -OCH3 is 1. The van der Waals surface area contributed by atoms with Gasteiger partial charge in [0, 0.05) is 6.07 Å². The van der Waals surface area contributed by atoms with Gasteiger partial charge in [-0.1, -0.05) is 6.07 Å². The zero-order valence-electron chi connectivity index (χ0n) is 6.93. The van der Waals surface area contributed by atoms with E-state index in [2.05, 4.69) is 0 Å². The number of hydrogen-bond acceptors (Lipinski definition) is 4. The summed E-state index contributed by atoms with van der Waals surface area (Å²) in [5.74, 6) is 0.176. The molecule has 0 heterocycles. The number of nitro benzene ring substituents is 1. The van der Waals surface area contributed by atoms with Crippen LogP contribution in [0.5, 0.6) is 5.75 Å². The molecule has 0 aliphatic carbocycles. The number of rotatable bonds is 3. The van der Waals surface area contributed by atoms with Gasteiger partial charge in [0.1, 0.15) is 6.61 Å². The van der Waals surface area contributed by atoms with Gasteiger partial charge in [-0.3, -0.25) is 10.1 Å². The molecule has 0 aliphatic rings. The molecule has 0 bridgehead atoms. The lowest BCUT2D eigenvalue weighted by Gasteiger charge is -2.01. The highest BCUT2D eigenvalue weighted by molar-refractivity contribution is 5.49. The molecule has 0 atom stereocenters. The van der Waals surface area contributed by atoms with Gasteiger partial charge in [-0.05, 0) is 11.6 Å². The van der Waals surface area contributed by atoms with Crippen molar-refractivity contribution in [3.63, 3.8) is 0 Å². The summed E-state index contributed by atoms with van der Waals surface area (Å²) >= 11 is 0. The average molecular weight is 182 g/mol. The topological polar surface area (TPSA) is 72.6 Å². The molecular weight excluding hydrogens is 174 g/mol. The van der Waals surface area contributed by atoms with Gasteiger partial charge in [0.15, 0.2) is 5.75 Å². The van der Waals surface area contributed by atoms with Crippen LogP contribution in [0.2, 0.25) is 0 Å². The highest BCUT2D eigenvalue weighted by Crippen LogP contribution is 2.27. The fraction of sp³-hybridized carbons (Fsp3) is 0.125. The van der Waals surface area contributed by atoms with Gasteiger partial charge < -0.3 is 9.84 Å². The molecule has 1 N–H and O–H groups in total. The Bertz CT molecular complexity index is 324. The van der Waals surface area contributed by atoms with Crippen LogP contribution in [-0.4, -0.2) is 17.1 Å². The van der Waals surface area contributed by atoms with Crippen molar-refractivity contribution in [3.8, 4) is 5.75 Å². The molecule has 0 saturated carbocycles. The molecule has 1 aromatic rings. The monoisotopic (exact) mass is 182 g/mol. The van der Waals surface area contributed by atoms with Crippen molar-refractivity contribution in [2.75, 3.05) is 7.11 Å². The Hall–Kier alpha value is -1.62. The average Bonchev–Trinajstić information content (AvgIpc) is 2.16. The Morgan fingerprint density at radius 2 is 2.31 bits per heavy atom. The van der Waals surface area contributed by atoms with E-state index in [0.717, 1.165) is 6.61 Å². The van der Waals surface area contributed by atoms with Gasteiger partial charge in [0.05, 0.1) is 12.0 Å². The van der Waals surface area contributed by atoms with Gasteiger partial charge in [-0.2, -0.15) is 0 Å². The molecule has 1 radical (unpaired) electrons. The summed E-state index contributed by atoms with van der Waals surface area (Å²) in [6.07, 6.45) is 0. The van der Waals surface area contributed by atoms with Crippen molar-refractivity contribution in [2.45, 2.75) is 0 Å². The molecule has 0 amide bonds. The van der Waals surface area contributed by atoms with E-state index in [4.69, 9.17) is 9.84 Å². The van der Waals surface area contributed by atoms with Crippen LogP contribution in [0.3, 0.4) is 0 Å². The van der Waals surface area contributed by atoms with E-state index in [0.29, 0.717) is 5.56 Å². The van der Waals surface area contributed by atoms with E-state index < -0.39 is 4.92 Å². The van der Waals surface area contributed by atoms with E-state index in [1.807, 2.05) is 0 Å². The minimum Gasteiger partial charge on any atom is -0.490 e. The molecule has 69 valence electrons. The summed E-state index contributed by atoms with van der Waals surface area (Å²) in [7, 11) is 1.35. The molecule has 0 spiro atoms. The third-order valence-corrected chi connectivity index (χ3v) is 1.55. The smallest absolute Gasteiger partial charge is 0.311 e. The molecule has 0 saturated heterocycles. The van der Waals surface area contributed by atoms with Crippen LogP contribution in [0.1, 0.15) is 5.56 Å². The lowest BCUT2D eigenvalue weighted by atomic mass is 10.2. The summed E-state index contributed by atoms with van der Waals surface area (Å²) in [5, 5.41) is 19.1. The number of hydrogen-bond donors (Lipinski definition) is 1. The van der Waals surface area contributed by atoms with E-state index in [9.17, 15) is 10.1 Å². The fourth-order valence-corrected chi connectivity index (χ4v) is 0.930.